The molecule has 0 aromatic rings. The Bertz CT molecular complexity index is 186. The van der Waals surface area contributed by atoms with E-state index in [0.717, 1.165) is 25.7 Å². The van der Waals surface area contributed by atoms with Crippen LogP contribution in [0.15, 0.2) is 0 Å². The van der Waals surface area contributed by atoms with E-state index in [2.05, 4.69) is 6.92 Å². The largest absolute Gasteiger partial charge is 0.598 e. The van der Waals surface area contributed by atoms with Crippen molar-refractivity contribution >= 4 is 0 Å². The number of rotatable bonds is 3. The molecule has 0 radical (unpaired) electrons. The number of quaternary nitrogens is 1. The van der Waals surface area contributed by atoms with Gasteiger partial charge >= 0.3 is 0 Å². The maximum absolute atomic E-state index is 12.2. The highest BCUT2D eigenvalue weighted by atomic mass is 16.9. The molecule has 0 bridgehead atoms. The summed E-state index contributed by atoms with van der Waals surface area (Å²) < 4.78 is 0. The molecule has 0 spiro atoms. The van der Waals surface area contributed by atoms with Crippen molar-refractivity contribution in [2.75, 3.05) is 6.61 Å². The van der Waals surface area contributed by atoms with E-state index < -0.39 is 0 Å². The fourth-order valence-electron chi connectivity index (χ4n) is 2.67. The molecule has 3 nitrogen and oxygen atoms in total. The van der Waals surface area contributed by atoms with Crippen molar-refractivity contribution in [2.45, 2.75) is 57.5 Å². The van der Waals surface area contributed by atoms with E-state index >= 15 is 0 Å². The molecule has 0 aromatic carbocycles. The van der Waals surface area contributed by atoms with Crippen LogP contribution in [0.1, 0.15) is 45.4 Å². The fraction of sp³-hybridized carbons (Fsp3) is 1.00. The highest BCUT2D eigenvalue weighted by molar-refractivity contribution is 4.77. The van der Waals surface area contributed by atoms with Crippen molar-refractivity contribution in [1.82, 2.24) is 0 Å². The van der Waals surface area contributed by atoms with Crippen LogP contribution in [0.2, 0.25) is 0 Å². The third kappa shape index (κ3) is 1.49. The molecule has 2 fully saturated rings. The van der Waals surface area contributed by atoms with E-state index in [0.29, 0.717) is 6.61 Å². The van der Waals surface area contributed by atoms with Crippen LogP contribution in [0, 0.1) is 5.21 Å². The van der Waals surface area contributed by atoms with Gasteiger partial charge in [-0.15, -0.1) is 0 Å². The third-order valence-corrected chi connectivity index (χ3v) is 3.49. The topological polar surface area (TPSA) is 32.3 Å². The van der Waals surface area contributed by atoms with Crippen LogP contribution in [0.4, 0.5) is 0 Å². The Morgan fingerprint density at radius 1 is 1.38 bits per heavy atom. The lowest BCUT2D eigenvalue weighted by atomic mass is 10.1. The van der Waals surface area contributed by atoms with Gasteiger partial charge in [0, 0.05) is 25.7 Å². The van der Waals surface area contributed by atoms with Crippen LogP contribution in [-0.4, -0.2) is 23.5 Å². The molecule has 13 heavy (non-hydrogen) atoms. The van der Waals surface area contributed by atoms with Crippen molar-refractivity contribution in [3.8, 4) is 0 Å². The normalized spacial score (nSPS) is 43.8. The second kappa shape index (κ2) is 3.56. The molecule has 2 saturated heterocycles. The van der Waals surface area contributed by atoms with Gasteiger partial charge in [0.25, 0.3) is 0 Å². The van der Waals surface area contributed by atoms with Gasteiger partial charge in [-0.2, -0.15) is 0 Å². The van der Waals surface area contributed by atoms with E-state index in [1.807, 2.05) is 0 Å². The van der Waals surface area contributed by atoms with Gasteiger partial charge in [-0.1, -0.05) is 13.3 Å². The molecule has 2 aliphatic heterocycles. The second-order valence-corrected chi connectivity index (χ2v) is 4.29. The van der Waals surface area contributed by atoms with Crippen LogP contribution in [-0.2, 0) is 4.84 Å². The minimum absolute atomic E-state index is 0.243. The van der Waals surface area contributed by atoms with Gasteiger partial charge < -0.3 is 5.21 Å². The minimum atomic E-state index is -0.306. The molecule has 76 valence electrons. The lowest BCUT2D eigenvalue weighted by Crippen LogP contribution is -2.46. The van der Waals surface area contributed by atoms with E-state index in [4.69, 9.17) is 4.84 Å². The zero-order valence-electron chi connectivity index (χ0n) is 8.37. The summed E-state index contributed by atoms with van der Waals surface area (Å²) in [6.45, 7) is 2.85. The van der Waals surface area contributed by atoms with Crippen molar-refractivity contribution in [2.24, 2.45) is 0 Å². The predicted octanol–water partition coefficient (Wildman–Crippen LogP) is 2.36. The summed E-state index contributed by atoms with van der Waals surface area (Å²) in [5.41, 5.74) is 0. The van der Waals surface area contributed by atoms with Gasteiger partial charge in [-0.25, -0.2) is 9.65 Å². The first kappa shape index (κ1) is 9.44. The molecule has 2 heterocycles. The lowest BCUT2D eigenvalue weighted by Gasteiger charge is -2.40. The zero-order chi connectivity index (χ0) is 9.31. The highest BCUT2D eigenvalue weighted by Gasteiger charge is 2.48. The number of nitrogens with zero attached hydrogens (tertiary/aromatic N) is 1. The van der Waals surface area contributed by atoms with Gasteiger partial charge in [-0.3, -0.25) is 0 Å². The molecular weight excluding hydrogens is 166 g/mol. The average molecular weight is 185 g/mol. The molecule has 0 saturated carbocycles. The molecule has 2 rings (SSSR count). The monoisotopic (exact) mass is 185 g/mol. The van der Waals surface area contributed by atoms with Crippen molar-refractivity contribution in [3.63, 3.8) is 0 Å². The lowest BCUT2D eigenvalue weighted by molar-refractivity contribution is -1.08. The van der Waals surface area contributed by atoms with Crippen LogP contribution < -0.4 is 0 Å². The predicted molar refractivity (Wildman–Crippen MR) is 50.5 cm³/mol. The quantitative estimate of drug-likeness (QED) is 0.499. The van der Waals surface area contributed by atoms with Crippen molar-refractivity contribution < 1.29 is 9.65 Å². The van der Waals surface area contributed by atoms with Gasteiger partial charge in [0.2, 0.25) is 0 Å². The summed E-state index contributed by atoms with van der Waals surface area (Å²) in [7, 11) is 0. The summed E-state index contributed by atoms with van der Waals surface area (Å²) in [6.07, 6.45) is 6.54. The van der Waals surface area contributed by atoms with Crippen LogP contribution in [0.5, 0.6) is 0 Å². The molecule has 0 N–H and O–H groups in total. The maximum Gasteiger partial charge on any atom is 0.122 e. The Labute approximate surface area is 79.8 Å². The number of unbranched alkanes of at least 4 members (excludes halogenated alkanes) is 1. The number of hydrogen-bond donors (Lipinski definition) is 0. The Kier molecular flexibility index (Phi) is 2.58. The van der Waals surface area contributed by atoms with Crippen molar-refractivity contribution in [1.29, 1.82) is 0 Å². The van der Waals surface area contributed by atoms with Crippen LogP contribution >= 0.6 is 0 Å². The summed E-state index contributed by atoms with van der Waals surface area (Å²) in [5, 5.41) is 12.2. The molecular formula is C10H19NO2. The average Bonchev–Trinajstić information content (AvgIpc) is 2.59. The van der Waals surface area contributed by atoms with Gasteiger partial charge in [0.1, 0.15) is 18.7 Å². The van der Waals surface area contributed by atoms with E-state index in [1.165, 1.54) is 12.8 Å². The van der Waals surface area contributed by atoms with Gasteiger partial charge in [0.05, 0.1) is 0 Å². The molecule has 0 amide bonds. The first-order valence-corrected chi connectivity index (χ1v) is 5.51. The maximum atomic E-state index is 12.2. The Hall–Kier alpha value is -0.120. The minimum Gasteiger partial charge on any atom is -0.598 e. The summed E-state index contributed by atoms with van der Waals surface area (Å²) in [4.78, 5) is 5.05. The van der Waals surface area contributed by atoms with E-state index in [1.54, 1.807) is 0 Å². The molecule has 0 aromatic heterocycles. The first-order chi connectivity index (χ1) is 6.27. The Morgan fingerprint density at radius 2 is 2.23 bits per heavy atom. The Balaban J connectivity index is 1.97. The SMILES string of the molecule is CCCC[C@@H]1CCC2CCO[N+]21[O-]. The summed E-state index contributed by atoms with van der Waals surface area (Å²) in [5.74, 6) is 0. The Morgan fingerprint density at radius 3 is 3.00 bits per heavy atom. The molecule has 2 aliphatic rings. The van der Waals surface area contributed by atoms with Crippen molar-refractivity contribution in [3.05, 3.63) is 5.21 Å². The van der Waals surface area contributed by atoms with E-state index in [9.17, 15) is 5.21 Å². The highest BCUT2D eigenvalue weighted by Crippen LogP contribution is 2.40. The molecule has 0 aliphatic carbocycles. The third-order valence-electron chi connectivity index (χ3n) is 3.49. The second-order valence-electron chi connectivity index (χ2n) is 4.29. The van der Waals surface area contributed by atoms with Gasteiger partial charge in [0.15, 0.2) is 0 Å². The van der Waals surface area contributed by atoms with Crippen LogP contribution in [0.25, 0.3) is 0 Å². The zero-order valence-corrected chi connectivity index (χ0v) is 8.37. The van der Waals surface area contributed by atoms with E-state index in [-0.39, 0.29) is 16.9 Å². The number of hydroxylamine groups is 4. The molecule has 2 unspecified atom stereocenters. The molecule has 3 heteroatoms. The first-order valence-electron chi connectivity index (χ1n) is 5.51. The van der Waals surface area contributed by atoms with Crippen LogP contribution in [0.3, 0.4) is 0 Å². The smallest absolute Gasteiger partial charge is 0.122 e. The summed E-state index contributed by atoms with van der Waals surface area (Å²) in [6, 6.07) is 0.509. The fourth-order valence-corrected chi connectivity index (χ4v) is 2.67. The molecule has 3 atom stereocenters. The standard InChI is InChI=1S/C10H19NO2/c1-2-3-4-9-5-6-10-7-8-13-11(9,10)12/h9-10H,2-8H2,1H3/t9-,10?,11?/m1/s1. The summed E-state index contributed by atoms with van der Waals surface area (Å²) >= 11 is 0. The van der Waals surface area contributed by atoms with Gasteiger partial charge in [-0.05, 0) is 6.42 Å². The number of hydrogen-bond acceptors (Lipinski definition) is 2. The number of fused-ring (bicyclic) bond motifs is 1.